The van der Waals surface area contributed by atoms with Gasteiger partial charge in [-0.3, -0.25) is 4.79 Å². The predicted octanol–water partition coefficient (Wildman–Crippen LogP) is 4.74. The lowest BCUT2D eigenvalue weighted by Crippen LogP contribution is -2.58. The molecule has 36 heavy (non-hydrogen) atoms. The Kier molecular flexibility index (Phi) is 5.84. The van der Waals surface area contributed by atoms with Gasteiger partial charge in [-0.25, -0.2) is 9.67 Å². The standard InChI is InChI=1S/C29H42N4O3/c1-18-13-24-26(30-15-18)31-32-33(24)16-25(34)23-8-7-21-20-6-5-19-14-27(2,35)11-12-29(19,17-36-4)22(20)9-10-28(21,23)3/h13,15,19-23,35H,5-12,14,16-17H2,1-4H3/t19-,20+,21+,22+,23-,27-,28+,29-/m1/s1. The van der Waals surface area contributed by atoms with Gasteiger partial charge in [0.2, 0.25) is 5.65 Å². The predicted molar refractivity (Wildman–Crippen MR) is 137 cm³/mol. The van der Waals surface area contributed by atoms with E-state index >= 15 is 0 Å². The van der Waals surface area contributed by atoms with Gasteiger partial charge in [-0.2, -0.15) is 0 Å². The van der Waals surface area contributed by atoms with Crippen LogP contribution in [0.15, 0.2) is 12.3 Å². The number of methoxy groups -OCH3 is 1. The van der Waals surface area contributed by atoms with E-state index in [9.17, 15) is 9.90 Å². The van der Waals surface area contributed by atoms with Crippen LogP contribution < -0.4 is 0 Å². The number of aromatic nitrogens is 4. The van der Waals surface area contributed by atoms with Crippen LogP contribution in [0.25, 0.3) is 11.2 Å². The molecule has 0 aliphatic heterocycles. The first-order valence-corrected chi connectivity index (χ1v) is 14.1. The third-order valence-corrected chi connectivity index (χ3v) is 11.3. The molecule has 4 aliphatic carbocycles. The zero-order chi connectivity index (χ0) is 25.3. The number of pyridine rings is 1. The van der Waals surface area contributed by atoms with Gasteiger partial charge in [0.25, 0.3) is 0 Å². The van der Waals surface area contributed by atoms with Crippen LogP contribution in [0.5, 0.6) is 0 Å². The van der Waals surface area contributed by atoms with Crippen LogP contribution in [0, 0.1) is 47.3 Å². The molecule has 0 saturated heterocycles. The van der Waals surface area contributed by atoms with Crippen LogP contribution in [-0.4, -0.2) is 50.2 Å². The summed E-state index contributed by atoms with van der Waals surface area (Å²) in [5.74, 6) is 2.84. The van der Waals surface area contributed by atoms with E-state index in [4.69, 9.17) is 4.74 Å². The van der Waals surface area contributed by atoms with Crippen molar-refractivity contribution < 1.29 is 14.6 Å². The summed E-state index contributed by atoms with van der Waals surface area (Å²) in [6, 6.07) is 2.02. The highest BCUT2D eigenvalue weighted by Crippen LogP contribution is 2.68. The number of fused-ring (bicyclic) bond motifs is 6. The van der Waals surface area contributed by atoms with E-state index in [0.29, 0.717) is 35.1 Å². The SMILES string of the molecule is COC[C@]12CC[C@@](C)(O)C[C@H]1CC[C@H]1[C@@H]3CC[C@H](C(=O)Cn4nnc5ncc(C)cc54)[C@@]3(C)CC[C@@H]12. The van der Waals surface area contributed by atoms with Crippen molar-refractivity contribution in [1.82, 2.24) is 20.0 Å². The molecule has 4 fully saturated rings. The van der Waals surface area contributed by atoms with Gasteiger partial charge in [-0.1, -0.05) is 12.1 Å². The molecule has 1 N–H and O–H groups in total. The molecule has 4 aliphatic rings. The molecule has 8 atom stereocenters. The fraction of sp³-hybridized carbons (Fsp3) is 0.793. The Morgan fingerprint density at radius 2 is 1.97 bits per heavy atom. The average molecular weight is 495 g/mol. The monoisotopic (exact) mass is 494 g/mol. The topological polar surface area (TPSA) is 90.1 Å². The summed E-state index contributed by atoms with van der Waals surface area (Å²) < 4.78 is 7.66. The summed E-state index contributed by atoms with van der Waals surface area (Å²) in [5, 5.41) is 19.3. The number of rotatable bonds is 5. The van der Waals surface area contributed by atoms with Crippen molar-refractivity contribution in [2.45, 2.75) is 90.7 Å². The summed E-state index contributed by atoms with van der Waals surface area (Å²) in [5.41, 5.74) is 2.21. The number of aliphatic hydroxyl groups is 1. The molecule has 0 radical (unpaired) electrons. The van der Waals surface area contributed by atoms with Gasteiger partial charge in [0.15, 0.2) is 5.78 Å². The second-order valence-corrected chi connectivity index (χ2v) is 13.3. The van der Waals surface area contributed by atoms with E-state index < -0.39 is 5.60 Å². The Morgan fingerprint density at radius 3 is 2.78 bits per heavy atom. The van der Waals surface area contributed by atoms with Crippen LogP contribution >= 0.6 is 0 Å². The lowest BCUT2D eigenvalue weighted by molar-refractivity contribution is -0.175. The van der Waals surface area contributed by atoms with Crippen LogP contribution in [0.2, 0.25) is 0 Å². The highest BCUT2D eigenvalue weighted by molar-refractivity contribution is 5.83. The smallest absolute Gasteiger partial charge is 0.201 e. The van der Waals surface area contributed by atoms with E-state index in [-0.39, 0.29) is 23.3 Å². The first kappa shape index (κ1) is 24.5. The molecule has 0 spiro atoms. The van der Waals surface area contributed by atoms with Crippen molar-refractivity contribution in [3.63, 3.8) is 0 Å². The van der Waals surface area contributed by atoms with E-state index in [1.165, 1.54) is 19.3 Å². The maximum Gasteiger partial charge on any atom is 0.201 e. The number of hydrogen-bond acceptors (Lipinski definition) is 6. The van der Waals surface area contributed by atoms with Crippen molar-refractivity contribution in [3.05, 3.63) is 17.8 Å². The summed E-state index contributed by atoms with van der Waals surface area (Å²) in [6.45, 7) is 7.54. The summed E-state index contributed by atoms with van der Waals surface area (Å²) in [4.78, 5) is 18.1. The minimum absolute atomic E-state index is 0.0596. The number of ether oxygens (including phenoxy) is 1. The molecule has 2 aromatic heterocycles. The van der Waals surface area contributed by atoms with Gasteiger partial charge >= 0.3 is 0 Å². The highest BCUT2D eigenvalue weighted by atomic mass is 16.5. The number of ketones is 1. The van der Waals surface area contributed by atoms with Gasteiger partial charge in [0.05, 0.1) is 12.2 Å². The van der Waals surface area contributed by atoms with Crippen molar-refractivity contribution in [2.75, 3.05) is 13.7 Å². The molecule has 0 bridgehead atoms. The summed E-state index contributed by atoms with van der Waals surface area (Å²) >= 11 is 0. The van der Waals surface area contributed by atoms with Crippen molar-refractivity contribution in [3.8, 4) is 0 Å². The van der Waals surface area contributed by atoms with Crippen molar-refractivity contribution >= 4 is 16.9 Å². The second-order valence-electron chi connectivity index (χ2n) is 13.3. The minimum atomic E-state index is -0.539. The number of Topliss-reactive ketones (excluding diaryl/α,β-unsaturated/α-hetero) is 1. The normalized spacial score (nSPS) is 42.1. The largest absolute Gasteiger partial charge is 0.390 e. The molecule has 0 aromatic carbocycles. The van der Waals surface area contributed by atoms with Gasteiger partial charge in [0, 0.05) is 19.2 Å². The molecule has 2 aromatic rings. The zero-order valence-corrected chi connectivity index (χ0v) is 22.4. The number of hydrogen-bond donors (Lipinski definition) is 1. The molecular weight excluding hydrogens is 452 g/mol. The van der Waals surface area contributed by atoms with E-state index in [1.54, 1.807) is 10.9 Å². The molecule has 7 nitrogen and oxygen atoms in total. The van der Waals surface area contributed by atoms with Crippen LogP contribution in [-0.2, 0) is 16.1 Å². The van der Waals surface area contributed by atoms with Crippen LogP contribution in [0.1, 0.15) is 77.2 Å². The fourth-order valence-electron chi connectivity index (χ4n) is 9.64. The lowest BCUT2D eigenvalue weighted by Gasteiger charge is -2.62. The molecule has 0 unspecified atom stereocenters. The Morgan fingerprint density at radius 1 is 1.14 bits per heavy atom. The molecule has 6 rings (SSSR count). The number of aryl methyl sites for hydroxylation is 1. The molecule has 4 saturated carbocycles. The summed E-state index contributed by atoms with van der Waals surface area (Å²) in [7, 11) is 1.85. The Balaban J connectivity index is 1.24. The van der Waals surface area contributed by atoms with E-state index in [2.05, 4.69) is 22.2 Å². The number of nitrogens with zero attached hydrogens (tertiary/aromatic N) is 4. The minimum Gasteiger partial charge on any atom is -0.390 e. The first-order valence-electron chi connectivity index (χ1n) is 14.1. The number of carbonyl (C=O) groups excluding carboxylic acids is 1. The maximum atomic E-state index is 13.8. The summed E-state index contributed by atoms with van der Waals surface area (Å²) in [6.07, 6.45) is 11.5. The highest BCUT2D eigenvalue weighted by Gasteiger charge is 2.63. The van der Waals surface area contributed by atoms with Gasteiger partial charge in [0.1, 0.15) is 12.1 Å². The molecular formula is C29H42N4O3. The lowest BCUT2D eigenvalue weighted by atomic mass is 9.43. The zero-order valence-electron chi connectivity index (χ0n) is 22.4. The van der Waals surface area contributed by atoms with Gasteiger partial charge in [-0.05, 0) is 118 Å². The molecule has 196 valence electrons. The van der Waals surface area contributed by atoms with E-state index in [1.807, 2.05) is 27.0 Å². The van der Waals surface area contributed by atoms with E-state index in [0.717, 1.165) is 56.2 Å². The Labute approximate surface area is 214 Å². The average Bonchev–Trinajstić information content (AvgIpc) is 3.39. The maximum absolute atomic E-state index is 13.8. The van der Waals surface area contributed by atoms with Crippen LogP contribution in [0.4, 0.5) is 0 Å². The molecule has 0 amide bonds. The van der Waals surface area contributed by atoms with Gasteiger partial charge < -0.3 is 9.84 Å². The Bertz CT molecular complexity index is 1160. The number of carbonyl (C=O) groups is 1. The third kappa shape index (κ3) is 3.67. The van der Waals surface area contributed by atoms with Crippen molar-refractivity contribution in [2.24, 2.45) is 40.4 Å². The van der Waals surface area contributed by atoms with Crippen LogP contribution in [0.3, 0.4) is 0 Å². The fourth-order valence-corrected chi connectivity index (χ4v) is 9.64. The van der Waals surface area contributed by atoms with Crippen molar-refractivity contribution in [1.29, 1.82) is 0 Å². The molecule has 2 heterocycles. The third-order valence-electron chi connectivity index (χ3n) is 11.3. The van der Waals surface area contributed by atoms with Gasteiger partial charge in [-0.15, -0.1) is 5.10 Å². The first-order chi connectivity index (χ1) is 17.2. The quantitative estimate of drug-likeness (QED) is 0.646. The second kappa shape index (κ2) is 8.59. The Hall–Kier alpha value is -1.86. The molecule has 7 heteroatoms.